The Morgan fingerprint density at radius 3 is 2.74 bits per heavy atom. The maximum atomic E-state index is 17.2. The number of hydrogen-bond donors (Lipinski definition) is 1. The first kappa shape index (κ1) is 34.8. The lowest BCUT2D eigenvalue weighted by atomic mass is 9.79. The van der Waals surface area contributed by atoms with E-state index in [2.05, 4.69) is 42.9 Å². The number of carbonyl (C=O) groups excluding carboxylic acids is 1. The van der Waals surface area contributed by atoms with Gasteiger partial charge in [-0.3, -0.25) is 4.79 Å². The summed E-state index contributed by atoms with van der Waals surface area (Å²) in [5, 5.41) is 15.5. The maximum Gasteiger partial charge on any atom is 0.256 e. The number of amides is 1. The number of halogens is 4. The molecule has 5 fully saturated rings. The summed E-state index contributed by atoms with van der Waals surface area (Å²) in [6.45, 7) is 3.23. The second-order valence-corrected chi connectivity index (χ2v) is 16.4. The van der Waals surface area contributed by atoms with Crippen molar-refractivity contribution in [3.8, 4) is 28.8 Å². The molecule has 3 aliphatic heterocycles. The minimum atomic E-state index is -0.495. The van der Waals surface area contributed by atoms with Crippen molar-refractivity contribution < 1.29 is 18.7 Å². The van der Waals surface area contributed by atoms with Crippen LogP contribution in [0.25, 0.3) is 32.9 Å². The fraction of sp³-hybridized carbons (Fsp3) is 0.400. The monoisotopic (exact) mass is 816 g/mol. The molecule has 0 unspecified atom stereocenters. The van der Waals surface area contributed by atoms with Gasteiger partial charge >= 0.3 is 0 Å². The highest BCUT2D eigenvalue weighted by Gasteiger charge is 2.51. The van der Waals surface area contributed by atoms with Crippen LogP contribution >= 0.6 is 39.1 Å². The van der Waals surface area contributed by atoms with Crippen molar-refractivity contribution in [2.75, 3.05) is 20.2 Å². The van der Waals surface area contributed by atoms with Crippen molar-refractivity contribution >= 4 is 66.8 Å². The number of nitriles is 1. The summed E-state index contributed by atoms with van der Waals surface area (Å²) in [5.74, 6) is 0.933. The molecule has 10 rings (SSSR count). The maximum absolute atomic E-state index is 17.2. The van der Waals surface area contributed by atoms with E-state index >= 15 is 4.39 Å². The highest BCUT2D eigenvalue weighted by molar-refractivity contribution is 9.10. The van der Waals surface area contributed by atoms with Crippen LogP contribution < -0.4 is 14.8 Å². The van der Waals surface area contributed by atoms with Crippen LogP contribution in [0.15, 0.2) is 47.1 Å². The highest BCUT2D eigenvalue weighted by Crippen LogP contribution is 2.51. The van der Waals surface area contributed by atoms with Gasteiger partial charge in [0, 0.05) is 81.4 Å². The van der Waals surface area contributed by atoms with Gasteiger partial charge in [0.05, 0.1) is 47.4 Å². The van der Waals surface area contributed by atoms with E-state index in [1.165, 1.54) is 0 Å². The summed E-state index contributed by atoms with van der Waals surface area (Å²) in [6.07, 6.45) is 5.24. The first-order valence-electron chi connectivity index (χ1n) is 18.0. The van der Waals surface area contributed by atoms with Crippen LogP contribution in [0.4, 0.5) is 4.39 Å². The molecule has 3 aromatic heterocycles. The number of hydrogen-bond acceptors (Lipinski definition) is 7. The molecule has 0 radical (unpaired) electrons. The van der Waals surface area contributed by atoms with Crippen molar-refractivity contribution in [1.29, 1.82) is 5.26 Å². The van der Waals surface area contributed by atoms with Gasteiger partial charge in [0.1, 0.15) is 11.6 Å². The average molecular weight is 819 g/mol. The molecule has 6 heterocycles. The molecule has 5 aliphatic rings. The average Bonchev–Trinajstić information content (AvgIpc) is 3.43. The summed E-state index contributed by atoms with van der Waals surface area (Å²) < 4.78 is 32.5. The molecule has 2 aromatic carbocycles. The standard InChI is InChI=1S/C40H36BrCl2FN6O3/c1-19-26-15-31(30-14-24(18-49(30)40(51)20-8-9-20)53-32-13-23(41)17-47-39(32)52-2)50(37-22-12-29(37)46-16-22)38(26)27-11-21(5-4-10-45)33(35(44)36(27)48-19)25-6-3-7-28(42)34(25)43/h3,6-7,11,13,15,17,20,22,24,29-30,37,46H,4-5,8-9,12,14,16,18H2,1-2H3/t22-,24+,29-,30-,37+/m1/s1. The molecule has 272 valence electrons. The third-order valence-corrected chi connectivity index (χ3v) is 12.8. The predicted octanol–water partition coefficient (Wildman–Crippen LogP) is 8.90. The lowest BCUT2D eigenvalue weighted by Gasteiger charge is -2.39. The lowest BCUT2D eigenvalue weighted by molar-refractivity contribution is -0.133. The fourth-order valence-electron chi connectivity index (χ4n) is 8.90. The van der Waals surface area contributed by atoms with Gasteiger partial charge in [-0.05, 0) is 78.2 Å². The van der Waals surface area contributed by atoms with Crippen molar-refractivity contribution in [3.63, 3.8) is 0 Å². The molecule has 2 aliphatic carbocycles. The predicted molar refractivity (Wildman–Crippen MR) is 205 cm³/mol. The minimum Gasteiger partial charge on any atom is -0.483 e. The number of ether oxygens (including phenoxy) is 2. The molecule has 2 saturated carbocycles. The number of carbonyl (C=O) groups is 1. The zero-order chi connectivity index (χ0) is 36.7. The third kappa shape index (κ3) is 5.76. The van der Waals surface area contributed by atoms with Crippen LogP contribution in [0.1, 0.15) is 61.1 Å². The summed E-state index contributed by atoms with van der Waals surface area (Å²) >= 11 is 16.6. The Morgan fingerprint density at radius 2 is 2.02 bits per heavy atom. The fourth-order valence-corrected chi connectivity index (χ4v) is 9.60. The Labute approximate surface area is 324 Å². The van der Waals surface area contributed by atoms with Gasteiger partial charge in [0.2, 0.25) is 5.91 Å². The van der Waals surface area contributed by atoms with Crippen molar-refractivity contribution in [2.45, 2.75) is 69.7 Å². The number of nitrogens with one attached hydrogen (secondary N) is 1. The zero-order valence-corrected chi connectivity index (χ0v) is 32.2. The van der Waals surface area contributed by atoms with E-state index in [9.17, 15) is 10.1 Å². The van der Waals surface area contributed by atoms with Crippen molar-refractivity contribution in [2.24, 2.45) is 11.8 Å². The quantitative estimate of drug-likeness (QED) is 0.159. The first-order valence-corrected chi connectivity index (χ1v) is 19.6. The van der Waals surface area contributed by atoms with Gasteiger partial charge in [0.25, 0.3) is 5.88 Å². The molecule has 1 amide bonds. The number of benzene rings is 2. The Kier molecular flexibility index (Phi) is 8.81. The lowest BCUT2D eigenvalue weighted by Crippen LogP contribution is -2.41. The van der Waals surface area contributed by atoms with Crippen LogP contribution in [0.2, 0.25) is 10.0 Å². The number of nitrogens with zero attached hydrogens (tertiary/aromatic N) is 5. The number of aryl methyl sites for hydroxylation is 2. The minimum absolute atomic E-state index is 0.00968. The second-order valence-electron chi connectivity index (χ2n) is 14.7. The van der Waals surface area contributed by atoms with Gasteiger partial charge in [-0.1, -0.05) is 35.3 Å². The summed E-state index contributed by atoms with van der Waals surface area (Å²) in [7, 11) is 1.56. The van der Waals surface area contributed by atoms with E-state index in [4.69, 9.17) is 37.7 Å². The third-order valence-electron chi connectivity index (χ3n) is 11.5. The molecule has 5 aromatic rings. The number of fused-ring (bicyclic) bond motifs is 4. The molecule has 3 saturated heterocycles. The molecular formula is C40H36BrCl2FN6O3. The van der Waals surface area contributed by atoms with Crippen molar-refractivity contribution in [3.05, 3.63) is 79.9 Å². The molecule has 13 heteroatoms. The smallest absolute Gasteiger partial charge is 0.256 e. The molecule has 2 bridgehead atoms. The molecule has 53 heavy (non-hydrogen) atoms. The first-order chi connectivity index (χ1) is 25.7. The largest absolute Gasteiger partial charge is 0.483 e. The summed E-state index contributed by atoms with van der Waals surface area (Å²) in [6, 6.07) is 13.5. The molecular weight excluding hydrogens is 782 g/mol. The van der Waals surface area contributed by atoms with Crippen LogP contribution in [0, 0.1) is 35.9 Å². The normalized spacial score (nSPS) is 23.4. The number of pyridine rings is 2. The van der Waals surface area contributed by atoms with E-state index in [1.807, 2.05) is 24.0 Å². The van der Waals surface area contributed by atoms with E-state index in [0.717, 1.165) is 46.9 Å². The zero-order valence-electron chi connectivity index (χ0n) is 29.1. The van der Waals surface area contributed by atoms with E-state index in [1.54, 1.807) is 31.5 Å². The van der Waals surface area contributed by atoms with E-state index in [-0.39, 0.29) is 53.0 Å². The summed E-state index contributed by atoms with van der Waals surface area (Å²) in [5.41, 5.74) is 4.26. The van der Waals surface area contributed by atoms with Gasteiger partial charge in [-0.25, -0.2) is 14.4 Å². The van der Waals surface area contributed by atoms with Crippen LogP contribution in [-0.2, 0) is 11.2 Å². The molecule has 0 spiro atoms. The Morgan fingerprint density at radius 1 is 1.19 bits per heavy atom. The topological polar surface area (TPSA) is 105 Å². The summed E-state index contributed by atoms with van der Waals surface area (Å²) in [4.78, 5) is 25.4. The SMILES string of the molecule is COc1ncc(Br)cc1O[C@H]1C[C@H](c2cc3c(C)nc4c(F)c(-c5cccc(Cl)c5Cl)c(CCC#N)cc4c3n2[C@H]2[C@H]3CN[C@@H]2C3)N(C(=O)C2CC2)C1. The Hall–Kier alpha value is -3.95. The van der Waals surface area contributed by atoms with Gasteiger partial charge in [-0.15, -0.1) is 0 Å². The van der Waals surface area contributed by atoms with Gasteiger partial charge in [-0.2, -0.15) is 5.26 Å². The number of likely N-dealkylation sites (tertiary alicyclic amines) is 1. The number of rotatable bonds is 9. The highest BCUT2D eigenvalue weighted by atomic mass is 79.9. The Bertz CT molecular complexity index is 2360. The van der Waals surface area contributed by atoms with Crippen LogP contribution in [0.3, 0.4) is 0 Å². The van der Waals surface area contributed by atoms with Crippen molar-refractivity contribution in [1.82, 2.24) is 24.8 Å². The van der Waals surface area contributed by atoms with Gasteiger partial charge < -0.3 is 24.3 Å². The number of aromatic nitrogens is 3. The molecule has 1 N–H and O–H groups in total. The van der Waals surface area contributed by atoms with Crippen LogP contribution in [0.5, 0.6) is 11.6 Å². The van der Waals surface area contributed by atoms with E-state index < -0.39 is 5.82 Å². The van der Waals surface area contributed by atoms with Gasteiger partial charge in [0.15, 0.2) is 11.6 Å². The van der Waals surface area contributed by atoms with Crippen LogP contribution in [-0.4, -0.2) is 57.7 Å². The second kappa shape index (κ2) is 13.4. The molecule has 5 atom stereocenters. The van der Waals surface area contributed by atoms with E-state index in [0.29, 0.717) is 69.7 Å². The Balaban J connectivity index is 1.25. The number of methoxy groups -OCH3 is 1. The molecule has 9 nitrogen and oxygen atoms in total.